The SMILES string of the molecule is CC(F)(F)c1cccc(CC(=O)c2cc(Cl)cc(Oc3cncnc3)c2)n1.CC(F)(F)c1csc(CC(=O)c2cc(Cl)cc(Oc3cncnc3)c2)n1.Cc1ccc(CC(=O)c2cc(F)cc(N(C)c3cncnc3)c2)nc1.Cc1ccc(CC(=O)c2cc(F)cc(Oc3cncnc3)c2)nc1C.Cc1cccc(CC(=O)c2ccc(F)c(N(C)c3cncnc3)c2)n1. The van der Waals surface area contributed by atoms with E-state index in [0.29, 0.717) is 94.6 Å². The first-order valence-electron chi connectivity index (χ1n) is 38.6. The smallest absolute Gasteiger partial charge is 0.287 e. The van der Waals surface area contributed by atoms with Gasteiger partial charge >= 0.3 is 0 Å². The summed E-state index contributed by atoms with van der Waals surface area (Å²) < 4.78 is 112. The number of hydrogen-bond acceptors (Lipinski definition) is 26. The second-order valence-electron chi connectivity index (χ2n) is 28.5. The van der Waals surface area contributed by atoms with Crippen molar-refractivity contribution in [3.8, 4) is 34.5 Å². The van der Waals surface area contributed by atoms with Crippen LogP contribution in [0.15, 0.2) is 257 Å². The molecule has 35 heteroatoms. The van der Waals surface area contributed by atoms with Crippen LogP contribution in [0.4, 0.5) is 53.5 Å². The second-order valence-corrected chi connectivity index (χ2v) is 30.3. The molecule has 0 spiro atoms. The number of rotatable bonds is 27. The summed E-state index contributed by atoms with van der Waals surface area (Å²) in [7, 11) is 3.47. The van der Waals surface area contributed by atoms with Gasteiger partial charge in [0.25, 0.3) is 11.8 Å². The maximum atomic E-state index is 14.2. The molecule has 0 atom stereocenters. The monoisotopic (exact) mass is 1790 g/mol. The van der Waals surface area contributed by atoms with E-state index in [1.807, 2.05) is 58.0 Å². The topological polar surface area (TPSA) is 313 Å². The summed E-state index contributed by atoms with van der Waals surface area (Å²) >= 11 is 13.1. The lowest BCUT2D eigenvalue weighted by atomic mass is 10.0. The van der Waals surface area contributed by atoms with Crippen molar-refractivity contribution in [2.24, 2.45) is 0 Å². The number of carbonyl (C=O) groups is 5. The van der Waals surface area contributed by atoms with Gasteiger partial charge in [0, 0.05) is 123 Å². The van der Waals surface area contributed by atoms with Crippen LogP contribution in [0.3, 0.4) is 0 Å². The molecule has 0 aliphatic rings. The van der Waals surface area contributed by atoms with Crippen molar-refractivity contribution in [1.82, 2.24) is 74.8 Å². The fourth-order valence-corrected chi connectivity index (χ4v) is 13.0. The van der Waals surface area contributed by atoms with Gasteiger partial charge in [-0.05, 0) is 160 Å². The molecule has 15 rings (SSSR count). The Kier molecular flexibility index (Phi) is 32.4. The number of pyridine rings is 4. The zero-order valence-corrected chi connectivity index (χ0v) is 71.8. The molecular formula is C93H76Cl2F7N17O8S. The van der Waals surface area contributed by atoms with Crippen LogP contribution in [0.25, 0.3) is 0 Å². The van der Waals surface area contributed by atoms with E-state index in [-0.39, 0.29) is 101 Å². The van der Waals surface area contributed by atoms with Crippen molar-refractivity contribution in [2.45, 2.75) is 85.5 Å². The molecule has 15 aromatic rings. The Bertz CT molecular complexity index is 6370. The Morgan fingerprint density at radius 1 is 0.383 bits per heavy atom. The van der Waals surface area contributed by atoms with Gasteiger partial charge in [-0.1, -0.05) is 47.5 Å². The third kappa shape index (κ3) is 28.3. The summed E-state index contributed by atoms with van der Waals surface area (Å²) in [5, 5.41) is 2.17. The molecule has 0 aliphatic heterocycles. The van der Waals surface area contributed by atoms with Crippen molar-refractivity contribution >= 4 is 86.2 Å². The van der Waals surface area contributed by atoms with E-state index in [1.165, 1.54) is 159 Å². The van der Waals surface area contributed by atoms with Gasteiger partial charge in [0.05, 0.1) is 111 Å². The van der Waals surface area contributed by atoms with Gasteiger partial charge in [-0.15, -0.1) is 11.3 Å². The van der Waals surface area contributed by atoms with Gasteiger partial charge in [-0.2, -0.15) is 17.6 Å². The van der Waals surface area contributed by atoms with Crippen molar-refractivity contribution in [1.29, 1.82) is 0 Å². The average Bonchev–Trinajstić information content (AvgIpc) is 1.37. The minimum absolute atomic E-state index is 0.0957. The number of aryl methyl sites for hydroxylation is 4. The molecule has 0 saturated carbocycles. The minimum atomic E-state index is -3.08. The van der Waals surface area contributed by atoms with Gasteiger partial charge in [0.2, 0.25) is 0 Å². The third-order valence-corrected chi connectivity index (χ3v) is 19.5. The highest BCUT2D eigenvalue weighted by atomic mass is 35.5. The van der Waals surface area contributed by atoms with E-state index >= 15 is 0 Å². The lowest BCUT2D eigenvalue weighted by molar-refractivity contribution is 0.0122. The number of hydrogen-bond donors (Lipinski definition) is 0. The number of Topliss-reactive ketones (excluding diaryl/α,β-unsaturated/α-hetero) is 5. The van der Waals surface area contributed by atoms with Gasteiger partial charge in [0.1, 0.15) is 82.7 Å². The number of ketones is 5. The zero-order chi connectivity index (χ0) is 91.6. The molecule has 10 aromatic heterocycles. The van der Waals surface area contributed by atoms with E-state index in [4.69, 9.17) is 37.4 Å². The average molecular weight is 1800 g/mol. The largest absolute Gasteiger partial charge is 0.454 e. The van der Waals surface area contributed by atoms with Gasteiger partial charge in [-0.25, -0.2) is 68.0 Å². The minimum Gasteiger partial charge on any atom is -0.454 e. The molecule has 25 nitrogen and oxygen atoms in total. The number of nitrogens with zero attached hydrogens (tertiary/aromatic N) is 17. The zero-order valence-electron chi connectivity index (χ0n) is 69.5. The first-order chi connectivity index (χ1) is 61.2. The van der Waals surface area contributed by atoms with Crippen LogP contribution in [0.2, 0.25) is 10.0 Å². The van der Waals surface area contributed by atoms with Crippen LogP contribution in [-0.4, -0.2) is 118 Å². The van der Waals surface area contributed by atoms with E-state index in [1.54, 1.807) is 91.3 Å². The summed E-state index contributed by atoms with van der Waals surface area (Å²) in [6.45, 7) is 9.18. The predicted octanol–water partition coefficient (Wildman–Crippen LogP) is 20.6. The van der Waals surface area contributed by atoms with Crippen molar-refractivity contribution < 1.29 is 68.9 Å². The molecule has 0 fully saturated rings. The third-order valence-electron chi connectivity index (χ3n) is 18.3. The van der Waals surface area contributed by atoms with Crippen LogP contribution < -0.4 is 24.0 Å². The molecule has 128 heavy (non-hydrogen) atoms. The normalized spacial score (nSPS) is 10.9. The maximum absolute atomic E-state index is 14.2. The van der Waals surface area contributed by atoms with E-state index in [9.17, 15) is 54.7 Å². The number of halogens is 9. The summed E-state index contributed by atoms with van der Waals surface area (Å²) in [6, 6.07) is 38.8. The van der Waals surface area contributed by atoms with E-state index < -0.39 is 29.3 Å². The van der Waals surface area contributed by atoms with Crippen LogP contribution in [0, 0.1) is 45.1 Å². The second kappa shape index (κ2) is 44.2. The molecule has 0 aliphatic carbocycles. The first kappa shape index (κ1) is 93.9. The molecule has 0 N–H and O–H groups in total. The summed E-state index contributed by atoms with van der Waals surface area (Å²) in [5.41, 5.74) is 9.05. The fourth-order valence-electron chi connectivity index (χ4n) is 11.7. The number of anilines is 4. The molecule has 5 aromatic carbocycles. The standard InChI is InChI=1S/C19H14ClF2N3O2.2C19H17FN4O.C19H16FN3O2.C17H12ClF2N3O2S/c1-19(21,22)18-4-2-3-14(25-18)8-17(26)12-5-13(20)7-15(6-12)27-16-9-23-11-24-10-16;1-13-3-4-16(23-9-13)8-19(25)14-5-15(20)7-17(6-14)24(2)18-10-21-12-22-11-18;1-13-4-3-5-15(23-13)9-19(25)14-6-7-17(20)18(8-14)24(2)16-10-21-12-22-11-16;1-12-3-4-16(23-13(12)2)8-19(24)14-5-15(20)7-17(6-14)25-18-9-21-11-22-10-18;1-17(19,20)15-8-26-16(23-15)5-14(24)10-2-11(18)4-12(3-10)25-13-6-21-9-22-7-13/h2-7,9-11H,8H2,1H3;3-7,9-12H,8H2,1-2H3;3-8,10-12H,9H2,1-2H3;3-7,9-11H,8H2,1-2H3;2-4,6-9H,5H2,1H3. The maximum Gasteiger partial charge on any atom is 0.287 e. The summed E-state index contributed by atoms with van der Waals surface area (Å²) in [4.78, 5) is 125. The number of carbonyl (C=O) groups excluding carboxylic acids is 5. The van der Waals surface area contributed by atoms with Gasteiger partial charge in [0.15, 0.2) is 46.2 Å². The number of thiazole rings is 1. The molecule has 0 saturated heterocycles. The summed E-state index contributed by atoms with van der Waals surface area (Å²) in [5.74, 6) is -6.68. The molecule has 650 valence electrons. The van der Waals surface area contributed by atoms with Crippen molar-refractivity contribution in [2.75, 3.05) is 23.9 Å². The number of aromatic nitrogens is 15. The lowest BCUT2D eigenvalue weighted by Crippen LogP contribution is -2.13. The highest BCUT2D eigenvalue weighted by Gasteiger charge is 2.29. The van der Waals surface area contributed by atoms with E-state index in [0.717, 1.165) is 47.7 Å². The number of benzene rings is 5. The van der Waals surface area contributed by atoms with Gasteiger partial charge in [-0.3, -0.25) is 43.9 Å². The molecule has 0 unspecified atom stereocenters. The number of ether oxygens (including phenoxy) is 3. The molecule has 0 amide bonds. The van der Waals surface area contributed by atoms with Crippen LogP contribution in [0.5, 0.6) is 34.5 Å². The van der Waals surface area contributed by atoms with Crippen LogP contribution >= 0.6 is 34.5 Å². The quantitative estimate of drug-likeness (QED) is 0.0341. The first-order valence-corrected chi connectivity index (χ1v) is 40.2. The highest BCUT2D eigenvalue weighted by molar-refractivity contribution is 7.09. The predicted molar refractivity (Wildman–Crippen MR) is 466 cm³/mol. The van der Waals surface area contributed by atoms with Crippen molar-refractivity contribution in [3.05, 3.63) is 374 Å². The number of alkyl halides is 4. The van der Waals surface area contributed by atoms with Gasteiger partial charge < -0.3 is 24.0 Å². The Morgan fingerprint density at radius 3 is 1.30 bits per heavy atom. The Hall–Kier alpha value is -14.8. The highest BCUT2D eigenvalue weighted by Crippen LogP contribution is 2.34. The van der Waals surface area contributed by atoms with Crippen molar-refractivity contribution in [3.63, 3.8) is 0 Å². The Balaban J connectivity index is 0.000000155. The van der Waals surface area contributed by atoms with Crippen LogP contribution in [-0.2, 0) is 43.9 Å². The Labute approximate surface area is 743 Å². The molecule has 0 radical (unpaired) electrons. The van der Waals surface area contributed by atoms with Crippen LogP contribution in [0.1, 0.15) is 127 Å². The Morgan fingerprint density at radius 2 is 0.812 bits per heavy atom. The molecular weight excluding hydrogens is 1720 g/mol. The van der Waals surface area contributed by atoms with E-state index in [2.05, 4.69) is 74.8 Å². The molecule has 10 heterocycles. The fraction of sp³-hybridized carbons (Fsp3) is 0.161. The molecule has 0 bridgehead atoms. The summed E-state index contributed by atoms with van der Waals surface area (Å²) in [6.07, 6.45) is 24.0. The lowest BCUT2D eigenvalue weighted by Gasteiger charge is -2.19.